The van der Waals surface area contributed by atoms with Gasteiger partial charge in [-0.15, -0.1) is 0 Å². The Kier molecular flexibility index (Phi) is 12.3. The van der Waals surface area contributed by atoms with Crippen molar-refractivity contribution < 1.29 is 0 Å². The van der Waals surface area contributed by atoms with Crippen LogP contribution >= 0.6 is 0 Å². The van der Waals surface area contributed by atoms with Crippen LogP contribution in [0.3, 0.4) is 0 Å². The average Bonchev–Trinajstić information content (AvgIpc) is 2.30. The van der Waals surface area contributed by atoms with Crippen LogP contribution in [-0.2, 0) is 0 Å². The molecule has 0 aromatic carbocycles. The second-order valence-corrected chi connectivity index (χ2v) is 5.93. The second kappa shape index (κ2) is 10.9. The number of hydrogen-bond acceptors (Lipinski definition) is 0. The molecule has 1 rings (SSSR count). The zero-order valence-electron chi connectivity index (χ0n) is 12.0. The standard InChI is InChI=1S/C16H32.2CH4/c1-5-8-9-10-15-12-11-14(6-2)13(4)16(15)7-3;;/h13-16H,5-12H2,1-4H3;2*1H4. The van der Waals surface area contributed by atoms with Crippen LogP contribution in [0.4, 0.5) is 0 Å². The van der Waals surface area contributed by atoms with Gasteiger partial charge in [0.25, 0.3) is 0 Å². The van der Waals surface area contributed by atoms with Crippen molar-refractivity contribution in [2.24, 2.45) is 23.7 Å². The van der Waals surface area contributed by atoms with E-state index in [1.165, 1.54) is 51.4 Å². The molecule has 1 aliphatic rings. The van der Waals surface area contributed by atoms with Gasteiger partial charge in [-0.25, -0.2) is 0 Å². The minimum atomic E-state index is 0. The molecular weight excluding hydrogens is 216 g/mol. The minimum Gasteiger partial charge on any atom is -0.0776 e. The molecule has 0 aromatic rings. The van der Waals surface area contributed by atoms with E-state index in [-0.39, 0.29) is 14.9 Å². The molecule has 4 atom stereocenters. The van der Waals surface area contributed by atoms with Crippen molar-refractivity contribution >= 4 is 0 Å². The third-order valence-electron chi connectivity index (χ3n) is 5.11. The van der Waals surface area contributed by atoms with Gasteiger partial charge in [0.15, 0.2) is 0 Å². The van der Waals surface area contributed by atoms with Gasteiger partial charge < -0.3 is 0 Å². The van der Waals surface area contributed by atoms with Crippen molar-refractivity contribution in [3.8, 4) is 0 Å². The van der Waals surface area contributed by atoms with E-state index in [9.17, 15) is 0 Å². The zero-order valence-corrected chi connectivity index (χ0v) is 12.0. The molecule has 0 saturated heterocycles. The van der Waals surface area contributed by atoms with Crippen LogP contribution in [-0.4, -0.2) is 0 Å². The molecule has 1 aliphatic carbocycles. The summed E-state index contributed by atoms with van der Waals surface area (Å²) < 4.78 is 0. The quantitative estimate of drug-likeness (QED) is 0.452. The highest BCUT2D eigenvalue weighted by molar-refractivity contribution is 4.84. The molecular formula is C18H40. The molecule has 0 aliphatic heterocycles. The molecule has 0 bridgehead atoms. The maximum Gasteiger partial charge on any atom is -0.0360 e. The van der Waals surface area contributed by atoms with E-state index in [0.29, 0.717) is 0 Å². The molecule has 0 spiro atoms. The normalized spacial score (nSPS) is 31.3. The Morgan fingerprint density at radius 3 is 1.94 bits per heavy atom. The van der Waals surface area contributed by atoms with Crippen molar-refractivity contribution in [1.82, 2.24) is 0 Å². The minimum absolute atomic E-state index is 0. The SMILES string of the molecule is C.C.CCCCCC1CCC(CC)C(C)C1CC. The van der Waals surface area contributed by atoms with Crippen molar-refractivity contribution in [3.05, 3.63) is 0 Å². The summed E-state index contributed by atoms with van der Waals surface area (Å²) in [5.74, 6) is 4.08. The van der Waals surface area contributed by atoms with Crippen LogP contribution in [0.5, 0.6) is 0 Å². The van der Waals surface area contributed by atoms with Gasteiger partial charge in [0.2, 0.25) is 0 Å². The lowest BCUT2D eigenvalue weighted by molar-refractivity contribution is 0.0881. The predicted molar refractivity (Wildman–Crippen MR) is 87.1 cm³/mol. The Labute approximate surface area is 118 Å². The lowest BCUT2D eigenvalue weighted by atomic mass is 9.64. The molecule has 0 amide bonds. The highest BCUT2D eigenvalue weighted by atomic mass is 14.4. The first-order valence-electron chi connectivity index (χ1n) is 7.74. The average molecular weight is 257 g/mol. The molecule has 0 N–H and O–H groups in total. The van der Waals surface area contributed by atoms with E-state index in [0.717, 1.165) is 23.7 Å². The summed E-state index contributed by atoms with van der Waals surface area (Å²) in [5.41, 5.74) is 0. The first-order chi connectivity index (χ1) is 7.74. The number of unbranched alkanes of at least 4 members (excludes halogenated alkanes) is 2. The second-order valence-electron chi connectivity index (χ2n) is 5.93. The van der Waals surface area contributed by atoms with E-state index in [1.54, 1.807) is 0 Å². The van der Waals surface area contributed by atoms with E-state index >= 15 is 0 Å². The summed E-state index contributed by atoms with van der Waals surface area (Å²) in [5, 5.41) is 0. The first kappa shape index (κ1) is 20.3. The van der Waals surface area contributed by atoms with Gasteiger partial charge in [0, 0.05) is 0 Å². The van der Waals surface area contributed by atoms with Gasteiger partial charge in [-0.1, -0.05) is 81.1 Å². The monoisotopic (exact) mass is 256 g/mol. The van der Waals surface area contributed by atoms with Gasteiger partial charge >= 0.3 is 0 Å². The molecule has 0 radical (unpaired) electrons. The smallest absolute Gasteiger partial charge is 0.0360 e. The predicted octanol–water partition coefficient (Wildman–Crippen LogP) is 6.94. The summed E-state index contributed by atoms with van der Waals surface area (Å²) in [4.78, 5) is 0. The number of hydrogen-bond donors (Lipinski definition) is 0. The Hall–Kier alpha value is 0. The molecule has 1 fully saturated rings. The van der Waals surface area contributed by atoms with Gasteiger partial charge in [0.1, 0.15) is 0 Å². The van der Waals surface area contributed by atoms with Crippen LogP contribution in [0.1, 0.15) is 93.9 Å². The van der Waals surface area contributed by atoms with Gasteiger partial charge in [0.05, 0.1) is 0 Å². The van der Waals surface area contributed by atoms with E-state index < -0.39 is 0 Å². The molecule has 1 saturated carbocycles. The first-order valence-corrected chi connectivity index (χ1v) is 7.74. The van der Waals surface area contributed by atoms with E-state index in [2.05, 4.69) is 27.7 Å². The number of rotatable bonds is 6. The van der Waals surface area contributed by atoms with Gasteiger partial charge in [-0.2, -0.15) is 0 Å². The topological polar surface area (TPSA) is 0 Å². The summed E-state index contributed by atoms with van der Waals surface area (Å²) in [6.45, 7) is 9.62. The summed E-state index contributed by atoms with van der Waals surface area (Å²) in [6, 6.07) is 0. The third-order valence-corrected chi connectivity index (χ3v) is 5.11. The maximum atomic E-state index is 2.52. The summed E-state index contributed by atoms with van der Waals surface area (Å²) >= 11 is 0. The Bertz CT molecular complexity index is 171. The molecule has 18 heavy (non-hydrogen) atoms. The van der Waals surface area contributed by atoms with E-state index in [1.807, 2.05) is 0 Å². The van der Waals surface area contributed by atoms with Crippen LogP contribution in [0.15, 0.2) is 0 Å². The summed E-state index contributed by atoms with van der Waals surface area (Å²) in [6.07, 6.45) is 11.6. The molecule has 0 heterocycles. The van der Waals surface area contributed by atoms with Gasteiger partial charge in [-0.3, -0.25) is 0 Å². The van der Waals surface area contributed by atoms with Crippen molar-refractivity contribution in [2.45, 2.75) is 93.9 Å². The highest BCUT2D eigenvalue weighted by Gasteiger charge is 2.34. The van der Waals surface area contributed by atoms with Crippen LogP contribution in [0.2, 0.25) is 0 Å². The fraction of sp³-hybridized carbons (Fsp3) is 1.00. The van der Waals surface area contributed by atoms with Crippen LogP contribution < -0.4 is 0 Å². The fourth-order valence-electron chi connectivity index (χ4n) is 3.98. The molecule has 0 nitrogen and oxygen atoms in total. The largest absolute Gasteiger partial charge is 0.0776 e. The molecule has 112 valence electrons. The van der Waals surface area contributed by atoms with Gasteiger partial charge in [-0.05, 0) is 36.5 Å². The maximum absolute atomic E-state index is 2.52. The van der Waals surface area contributed by atoms with Crippen LogP contribution in [0, 0.1) is 23.7 Å². The van der Waals surface area contributed by atoms with Crippen LogP contribution in [0.25, 0.3) is 0 Å². The molecule has 0 heteroatoms. The lowest BCUT2D eigenvalue weighted by Gasteiger charge is -2.41. The summed E-state index contributed by atoms with van der Waals surface area (Å²) in [7, 11) is 0. The molecule has 0 aromatic heterocycles. The van der Waals surface area contributed by atoms with Crippen molar-refractivity contribution in [2.75, 3.05) is 0 Å². The van der Waals surface area contributed by atoms with E-state index in [4.69, 9.17) is 0 Å². The Balaban J connectivity index is 0. The fourth-order valence-corrected chi connectivity index (χ4v) is 3.98. The highest BCUT2D eigenvalue weighted by Crippen LogP contribution is 2.43. The van der Waals surface area contributed by atoms with Crippen molar-refractivity contribution in [3.63, 3.8) is 0 Å². The molecule has 4 unspecified atom stereocenters. The Morgan fingerprint density at radius 2 is 1.44 bits per heavy atom. The third kappa shape index (κ3) is 5.33. The Morgan fingerprint density at radius 1 is 0.833 bits per heavy atom. The lowest BCUT2D eigenvalue weighted by Crippen LogP contribution is -2.32. The zero-order chi connectivity index (χ0) is 12.0. The van der Waals surface area contributed by atoms with Crippen molar-refractivity contribution in [1.29, 1.82) is 0 Å².